The second-order valence-electron chi connectivity index (χ2n) is 4.14. The third-order valence-electron chi connectivity index (χ3n) is 3.09. The molecule has 2 heterocycles. The fourth-order valence-electron chi connectivity index (χ4n) is 2.14. The van der Waals surface area contributed by atoms with Crippen LogP contribution in [0.25, 0.3) is 0 Å². The van der Waals surface area contributed by atoms with E-state index in [0.717, 1.165) is 36.2 Å². The Labute approximate surface area is 91.8 Å². The van der Waals surface area contributed by atoms with E-state index in [-0.39, 0.29) is 5.60 Å². The largest absolute Gasteiger partial charge is 0.484 e. The monoisotopic (exact) mass is 253 g/mol. The number of rotatable bonds is 0. The van der Waals surface area contributed by atoms with Gasteiger partial charge in [0.25, 0.3) is 0 Å². The maximum Gasteiger partial charge on any atom is 0.134 e. The fourth-order valence-corrected chi connectivity index (χ4v) is 2.55. The zero-order valence-corrected chi connectivity index (χ0v) is 9.43. The lowest BCUT2D eigenvalue weighted by Gasteiger charge is -2.45. The van der Waals surface area contributed by atoms with Gasteiger partial charge in [0.05, 0.1) is 0 Å². The minimum atomic E-state index is 0.112. The summed E-state index contributed by atoms with van der Waals surface area (Å²) in [6.07, 6.45) is 2.28. The number of hydrogen-bond donors (Lipinski definition) is 1. The molecular weight excluding hydrogens is 242 g/mol. The Balaban J connectivity index is 1.94. The number of aryl methyl sites for hydroxylation is 1. The molecule has 1 aromatic carbocycles. The van der Waals surface area contributed by atoms with Gasteiger partial charge in [-0.2, -0.15) is 0 Å². The highest BCUT2D eigenvalue weighted by Gasteiger charge is 2.41. The zero-order chi connectivity index (χ0) is 9.60. The first kappa shape index (κ1) is 8.74. The van der Waals surface area contributed by atoms with Crippen LogP contribution in [0.4, 0.5) is 0 Å². The number of hydrogen-bond acceptors (Lipinski definition) is 2. The number of ether oxygens (including phenoxy) is 1. The van der Waals surface area contributed by atoms with E-state index in [1.807, 2.05) is 6.07 Å². The molecule has 1 aromatic rings. The smallest absolute Gasteiger partial charge is 0.134 e. The first-order valence-electron chi connectivity index (χ1n) is 4.96. The zero-order valence-electron chi connectivity index (χ0n) is 7.85. The molecule has 0 aliphatic carbocycles. The Morgan fingerprint density at radius 3 is 2.93 bits per heavy atom. The van der Waals surface area contributed by atoms with Gasteiger partial charge in [-0.15, -0.1) is 0 Å². The van der Waals surface area contributed by atoms with Crippen LogP contribution in [0.2, 0.25) is 0 Å². The summed E-state index contributed by atoms with van der Waals surface area (Å²) in [6, 6.07) is 6.27. The van der Waals surface area contributed by atoms with Crippen molar-refractivity contribution >= 4 is 15.9 Å². The molecule has 0 unspecified atom stereocenters. The molecule has 1 spiro atoms. The minimum Gasteiger partial charge on any atom is -0.484 e. The van der Waals surface area contributed by atoms with Gasteiger partial charge in [-0.1, -0.05) is 15.9 Å². The quantitative estimate of drug-likeness (QED) is 0.765. The number of benzene rings is 1. The van der Waals surface area contributed by atoms with Crippen LogP contribution in [-0.2, 0) is 6.42 Å². The van der Waals surface area contributed by atoms with E-state index >= 15 is 0 Å². The SMILES string of the molecule is Brc1ccc2c(c1)CCC1(CNC1)O2. The Bertz CT molecular complexity index is 374. The molecule has 0 atom stereocenters. The first-order valence-corrected chi connectivity index (χ1v) is 5.75. The van der Waals surface area contributed by atoms with E-state index in [9.17, 15) is 0 Å². The molecule has 2 aliphatic heterocycles. The van der Waals surface area contributed by atoms with Crippen LogP contribution in [0.3, 0.4) is 0 Å². The molecule has 3 heteroatoms. The Morgan fingerprint density at radius 2 is 2.21 bits per heavy atom. The van der Waals surface area contributed by atoms with Crippen molar-refractivity contribution in [3.63, 3.8) is 0 Å². The van der Waals surface area contributed by atoms with Crippen molar-refractivity contribution in [2.75, 3.05) is 13.1 Å². The summed E-state index contributed by atoms with van der Waals surface area (Å²) in [6.45, 7) is 2.00. The topological polar surface area (TPSA) is 21.3 Å². The summed E-state index contributed by atoms with van der Waals surface area (Å²) in [4.78, 5) is 0. The molecule has 0 amide bonds. The van der Waals surface area contributed by atoms with Crippen LogP contribution in [0.1, 0.15) is 12.0 Å². The van der Waals surface area contributed by atoms with Gasteiger partial charge in [0.15, 0.2) is 0 Å². The van der Waals surface area contributed by atoms with Gasteiger partial charge in [0.1, 0.15) is 11.4 Å². The fraction of sp³-hybridized carbons (Fsp3) is 0.455. The summed E-state index contributed by atoms with van der Waals surface area (Å²) in [5.74, 6) is 1.07. The van der Waals surface area contributed by atoms with Crippen LogP contribution in [-0.4, -0.2) is 18.7 Å². The number of halogens is 1. The van der Waals surface area contributed by atoms with Gasteiger partial charge in [-0.25, -0.2) is 0 Å². The highest BCUT2D eigenvalue weighted by molar-refractivity contribution is 9.10. The molecule has 3 rings (SSSR count). The van der Waals surface area contributed by atoms with Crippen molar-refractivity contribution in [1.82, 2.24) is 5.32 Å². The molecule has 14 heavy (non-hydrogen) atoms. The molecular formula is C11H12BrNO. The van der Waals surface area contributed by atoms with Crippen LogP contribution >= 0.6 is 15.9 Å². The van der Waals surface area contributed by atoms with Crippen LogP contribution in [0, 0.1) is 0 Å². The molecule has 1 fully saturated rings. The molecule has 0 saturated carbocycles. The summed E-state index contributed by atoms with van der Waals surface area (Å²) < 4.78 is 7.17. The van der Waals surface area contributed by atoms with Crippen LogP contribution in [0.5, 0.6) is 5.75 Å². The standard InChI is InChI=1S/C11H12BrNO/c12-9-1-2-10-8(5-9)3-4-11(14-10)6-13-7-11/h1-2,5,13H,3-4,6-7H2. The van der Waals surface area contributed by atoms with E-state index in [0.29, 0.717) is 0 Å². The van der Waals surface area contributed by atoms with Gasteiger partial charge < -0.3 is 10.1 Å². The first-order chi connectivity index (χ1) is 6.77. The van der Waals surface area contributed by atoms with Crippen molar-refractivity contribution in [1.29, 1.82) is 0 Å². The molecule has 0 bridgehead atoms. The van der Waals surface area contributed by atoms with Crippen LogP contribution < -0.4 is 10.1 Å². The minimum absolute atomic E-state index is 0.112. The third kappa shape index (κ3) is 1.27. The van der Waals surface area contributed by atoms with E-state index in [4.69, 9.17) is 4.74 Å². The van der Waals surface area contributed by atoms with E-state index < -0.39 is 0 Å². The molecule has 1 N–H and O–H groups in total. The normalized spacial score (nSPS) is 22.4. The Morgan fingerprint density at radius 1 is 1.36 bits per heavy atom. The Hall–Kier alpha value is -0.540. The molecule has 0 radical (unpaired) electrons. The predicted octanol–water partition coefficient (Wildman–Crippen LogP) is 2.12. The average Bonchev–Trinajstić information content (AvgIpc) is 2.15. The highest BCUT2D eigenvalue weighted by Crippen LogP contribution is 2.36. The molecule has 1 saturated heterocycles. The third-order valence-corrected chi connectivity index (χ3v) is 3.59. The van der Waals surface area contributed by atoms with Crippen molar-refractivity contribution in [3.05, 3.63) is 28.2 Å². The number of nitrogens with one attached hydrogen (secondary N) is 1. The summed E-state index contributed by atoms with van der Waals surface area (Å²) in [5.41, 5.74) is 1.44. The lowest BCUT2D eigenvalue weighted by atomic mass is 9.86. The van der Waals surface area contributed by atoms with Crippen molar-refractivity contribution in [3.8, 4) is 5.75 Å². The van der Waals surface area contributed by atoms with Gasteiger partial charge >= 0.3 is 0 Å². The van der Waals surface area contributed by atoms with Crippen molar-refractivity contribution < 1.29 is 4.74 Å². The Kier molecular flexibility index (Phi) is 1.86. The summed E-state index contributed by atoms with van der Waals surface area (Å²) in [5, 5.41) is 3.28. The second-order valence-corrected chi connectivity index (χ2v) is 5.06. The van der Waals surface area contributed by atoms with E-state index in [1.165, 1.54) is 5.56 Å². The highest BCUT2D eigenvalue weighted by atomic mass is 79.9. The van der Waals surface area contributed by atoms with Crippen LogP contribution in [0.15, 0.2) is 22.7 Å². The van der Waals surface area contributed by atoms with Crippen molar-refractivity contribution in [2.45, 2.75) is 18.4 Å². The average molecular weight is 254 g/mol. The van der Waals surface area contributed by atoms with Crippen molar-refractivity contribution in [2.24, 2.45) is 0 Å². The van der Waals surface area contributed by atoms with E-state index in [2.05, 4.69) is 33.4 Å². The molecule has 2 nitrogen and oxygen atoms in total. The second kappa shape index (κ2) is 2.97. The molecule has 74 valence electrons. The van der Waals surface area contributed by atoms with Gasteiger partial charge in [-0.05, 0) is 36.6 Å². The molecule has 2 aliphatic rings. The van der Waals surface area contributed by atoms with Gasteiger partial charge in [0.2, 0.25) is 0 Å². The maximum atomic E-state index is 6.03. The lowest BCUT2D eigenvalue weighted by Crippen LogP contribution is -2.64. The lowest BCUT2D eigenvalue weighted by molar-refractivity contribution is -0.00234. The molecule has 0 aromatic heterocycles. The summed E-state index contributed by atoms with van der Waals surface area (Å²) >= 11 is 3.48. The summed E-state index contributed by atoms with van der Waals surface area (Å²) in [7, 11) is 0. The number of fused-ring (bicyclic) bond motifs is 1. The van der Waals surface area contributed by atoms with Gasteiger partial charge in [0, 0.05) is 17.6 Å². The maximum absolute atomic E-state index is 6.03. The van der Waals surface area contributed by atoms with E-state index in [1.54, 1.807) is 0 Å². The predicted molar refractivity (Wildman–Crippen MR) is 58.7 cm³/mol. The van der Waals surface area contributed by atoms with Gasteiger partial charge in [-0.3, -0.25) is 0 Å².